The van der Waals surface area contributed by atoms with Crippen molar-refractivity contribution in [2.45, 2.75) is 50.5 Å². The van der Waals surface area contributed by atoms with Crippen LogP contribution in [0, 0.1) is 0 Å². The number of aromatic hydroxyl groups is 2. The monoisotopic (exact) mass is 642 g/mol. The summed E-state index contributed by atoms with van der Waals surface area (Å²) < 4.78 is 0. The van der Waals surface area contributed by atoms with E-state index in [1.807, 2.05) is 0 Å². The molecule has 16 heteroatoms. The van der Waals surface area contributed by atoms with E-state index in [4.69, 9.17) is 0 Å². The summed E-state index contributed by atoms with van der Waals surface area (Å²) in [5.74, 6) is -5.75. The maximum atomic E-state index is 13.4. The number of hydrogen-bond acceptors (Lipinski definition) is 10. The molecule has 0 radical (unpaired) electrons. The Bertz CT molecular complexity index is 1510. The van der Waals surface area contributed by atoms with Gasteiger partial charge < -0.3 is 47.0 Å². The molecule has 0 saturated carbocycles. The summed E-state index contributed by atoms with van der Waals surface area (Å²) in [6.45, 7) is 1.60. The minimum atomic E-state index is -1.48. The molecule has 0 spiro atoms. The van der Waals surface area contributed by atoms with Crippen molar-refractivity contribution < 1.29 is 49.2 Å². The number of carbonyl (C=O) groups is 6. The van der Waals surface area contributed by atoms with Crippen molar-refractivity contribution in [1.29, 1.82) is 0 Å². The minimum Gasteiger partial charge on any atom is -0.507 e. The van der Waals surface area contributed by atoms with Gasteiger partial charge in [0.1, 0.15) is 41.7 Å². The average molecular weight is 643 g/mol. The lowest BCUT2D eigenvalue weighted by Crippen LogP contribution is -2.54. The summed E-state index contributed by atoms with van der Waals surface area (Å²) in [6.07, 6.45) is -0.167. The van der Waals surface area contributed by atoms with Gasteiger partial charge in [0.2, 0.25) is 29.5 Å². The highest BCUT2D eigenvalue weighted by atomic mass is 16.4. The first-order valence-corrected chi connectivity index (χ1v) is 14.3. The van der Waals surface area contributed by atoms with Gasteiger partial charge in [0.15, 0.2) is 0 Å². The number of carbonyl (C=O) groups excluding carboxylic acids is 5. The fourth-order valence-electron chi connectivity index (χ4n) is 4.66. The number of hydrogen-bond donors (Lipinski definition) is 9. The molecule has 1 aliphatic rings. The van der Waals surface area contributed by atoms with Gasteiger partial charge in [-0.2, -0.15) is 0 Å². The van der Waals surface area contributed by atoms with Crippen molar-refractivity contribution in [3.63, 3.8) is 0 Å². The van der Waals surface area contributed by atoms with Crippen LogP contribution in [-0.4, -0.2) is 112 Å². The quantitative estimate of drug-likeness (QED) is 0.146. The van der Waals surface area contributed by atoms with Crippen LogP contribution in [0.2, 0.25) is 0 Å². The zero-order valence-electron chi connectivity index (χ0n) is 25.7. The van der Waals surface area contributed by atoms with Crippen molar-refractivity contribution in [2.24, 2.45) is 0 Å². The summed E-state index contributed by atoms with van der Waals surface area (Å²) >= 11 is 0. The number of amides is 5. The molecule has 4 bridgehead atoms. The Labute approximate surface area is 264 Å². The molecule has 0 saturated heterocycles. The average Bonchev–Trinajstić information content (AvgIpc) is 2.99. The Morgan fingerprint density at radius 1 is 0.957 bits per heavy atom. The lowest BCUT2D eigenvalue weighted by atomic mass is 9.94. The molecule has 5 atom stereocenters. The van der Waals surface area contributed by atoms with Gasteiger partial charge >= 0.3 is 5.97 Å². The molecule has 0 fully saturated rings. The summed E-state index contributed by atoms with van der Waals surface area (Å²) in [7, 11) is 3.15. The standard InChI is InChI=1S/C30H38N6O10/c1-14(32-28(43)21(13-37)36(3)4)26(41)31-12-24(40)35-25-17-6-8-23(39)19(11-17)18-9-16(5-7-22(18)38)10-20(30(45)46)34-27(42)15(2)33-29(25)44/h5-9,11,14-15,20-21,25,37-39H,10,12-13H2,1-4H3,(H,31,41)(H,32,43)(H,33,44)(H,34,42)(H,35,40)(H,45,46)/t14-,15-,20+,21-,25+/m1/s1. The fourth-order valence-corrected chi connectivity index (χ4v) is 4.66. The van der Waals surface area contributed by atoms with Crippen LogP contribution in [0.5, 0.6) is 11.5 Å². The van der Waals surface area contributed by atoms with Crippen LogP contribution >= 0.6 is 0 Å². The number of likely N-dealkylation sites (N-methyl/N-ethyl adjacent to an activating group) is 1. The van der Waals surface area contributed by atoms with Crippen molar-refractivity contribution in [1.82, 2.24) is 31.5 Å². The first kappa shape index (κ1) is 35.3. The van der Waals surface area contributed by atoms with Gasteiger partial charge in [-0.1, -0.05) is 12.1 Å². The van der Waals surface area contributed by atoms with Crippen LogP contribution in [0.4, 0.5) is 0 Å². The zero-order valence-corrected chi connectivity index (χ0v) is 25.7. The molecule has 9 N–H and O–H groups in total. The predicted molar refractivity (Wildman–Crippen MR) is 162 cm³/mol. The number of fused-ring (bicyclic) bond motifs is 5. The van der Waals surface area contributed by atoms with Crippen molar-refractivity contribution in [3.8, 4) is 22.6 Å². The predicted octanol–water partition coefficient (Wildman–Crippen LogP) is -1.90. The second kappa shape index (κ2) is 15.2. The third-order valence-electron chi connectivity index (χ3n) is 7.35. The van der Waals surface area contributed by atoms with E-state index in [2.05, 4.69) is 26.6 Å². The third kappa shape index (κ3) is 8.70. The molecule has 0 unspecified atom stereocenters. The topological polar surface area (TPSA) is 247 Å². The number of phenols is 2. The molecule has 3 rings (SSSR count). The second-order valence-electron chi connectivity index (χ2n) is 11.1. The molecule has 46 heavy (non-hydrogen) atoms. The highest BCUT2D eigenvalue weighted by Gasteiger charge is 2.30. The Balaban J connectivity index is 1.89. The second-order valence-corrected chi connectivity index (χ2v) is 11.1. The van der Waals surface area contributed by atoms with Crippen LogP contribution in [0.25, 0.3) is 11.1 Å². The van der Waals surface area contributed by atoms with Gasteiger partial charge in [-0.05, 0) is 63.3 Å². The van der Waals surface area contributed by atoms with Crippen molar-refractivity contribution >= 4 is 35.5 Å². The van der Waals surface area contributed by atoms with Gasteiger partial charge in [-0.3, -0.25) is 28.9 Å². The molecule has 1 aliphatic heterocycles. The lowest BCUT2D eigenvalue weighted by molar-refractivity contribution is -0.142. The molecular formula is C30H38N6O10. The van der Waals surface area contributed by atoms with E-state index in [-0.39, 0.29) is 34.6 Å². The Morgan fingerprint density at radius 3 is 2.20 bits per heavy atom. The van der Waals surface area contributed by atoms with Crippen LogP contribution < -0.4 is 26.6 Å². The number of benzene rings is 2. The van der Waals surface area contributed by atoms with Gasteiger partial charge in [-0.25, -0.2) is 4.79 Å². The summed E-state index contributed by atoms with van der Waals surface area (Å²) in [4.78, 5) is 77.6. The van der Waals surface area contributed by atoms with Gasteiger partial charge in [0, 0.05) is 17.5 Å². The number of aliphatic hydroxyl groups excluding tert-OH is 1. The number of nitrogens with one attached hydrogen (secondary N) is 5. The molecular weight excluding hydrogens is 604 g/mol. The number of aliphatic carboxylic acids is 1. The van der Waals surface area contributed by atoms with Gasteiger partial charge in [0.05, 0.1) is 13.2 Å². The van der Waals surface area contributed by atoms with Crippen LogP contribution in [0.3, 0.4) is 0 Å². The minimum absolute atomic E-state index is 0.0710. The van der Waals surface area contributed by atoms with E-state index in [1.165, 1.54) is 55.1 Å². The van der Waals surface area contributed by atoms with Gasteiger partial charge in [-0.15, -0.1) is 0 Å². The number of nitrogens with zero attached hydrogens (tertiary/aromatic N) is 1. The van der Waals surface area contributed by atoms with E-state index < -0.39 is 78.9 Å². The van der Waals surface area contributed by atoms with E-state index >= 15 is 0 Å². The first-order valence-electron chi connectivity index (χ1n) is 14.3. The first-order chi connectivity index (χ1) is 21.6. The number of phenolic OH excluding ortho intramolecular Hbond substituents is 2. The summed E-state index contributed by atoms with van der Waals surface area (Å²) in [5, 5.41) is 52.5. The van der Waals surface area contributed by atoms with Crippen molar-refractivity contribution in [3.05, 3.63) is 47.5 Å². The number of aliphatic hydroxyl groups is 1. The molecule has 5 amide bonds. The fraction of sp³-hybridized carbons (Fsp3) is 0.400. The van der Waals surface area contributed by atoms with E-state index in [1.54, 1.807) is 14.1 Å². The molecule has 1 heterocycles. The maximum Gasteiger partial charge on any atom is 0.326 e. The highest BCUT2D eigenvalue weighted by molar-refractivity contribution is 5.96. The van der Waals surface area contributed by atoms with E-state index in [9.17, 15) is 49.2 Å². The van der Waals surface area contributed by atoms with E-state index in [0.717, 1.165) is 0 Å². The SMILES string of the molecule is C[C@H]1NC(=O)[C@@H](NC(=O)CNC(=O)[C@@H](C)NC(=O)[C@@H](CO)N(C)C)c2ccc(O)c(c2)-c2cc(ccc2O)C[C@@H](C(=O)O)NC1=O. The van der Waals surface area contributed by atoms with Crippen LogP contribution in [0.1, 0.15) is 31.0 Å². The molecule has 2 aromatic carbocycles. The smallest absolute Gasteiger partial charge is 0.326 e. The summed E-state index contributed by atoms with van der Waals surface area (Å²) in [5.41, 5.74) is 0.729. The molecule has 16 nitrogen and oxygen atoms in total. The molecule has 2 aromatic rings. The number of rotatable bonds is 9. The van der Waals surface area contributed by atoms with E-state index in [0.29, 0.717) is 5.56 Å². The Morgan fingerprint density at radius 2 is 1.59 bits per heavy atom. The molecule has 0 aliphatic carbocycles. The molecule has 248 valence electrons. The van der Waals surface area contributed by atoms with Gasteiger partial charge in [0.25, 0.3) is 0 Å². The number of carboxylic acids is 1. The highest BCUT2D eigenvalue weighted by Crippen LogP contribution is 2.38. The largest absolute Gasteiger partial charge is 0.507 e. The summed E-state index contributed by atoms with van der Waals surface area (Å²) in [6, 6.07) is 2.06. The Kier molecular flexibility index (Phi) is 11.6. The third-order valence-corrected chi connectivity index (χ3v) is 7.35. The number of carboxylic acid groups (broad SMARTS) is 1. The maximum absolute atomic E-state index is 13.4. The van der Waals surface area contributed by atoms with Crippen molar-refractivity contribution in [2.75, 3.05) is 27.2 Å². The van der Waals surface area contributed by atoms with Crippen LogP contribution in [0.15, 0.2) is 36.4 Å². The normalized spacial score (nSPS) is 19.5. The van der Waals surface area contributed by atoms with Crippen LogP contribution in [-0.2, 0) is 35.2 Å². The lowest BCUT2D eigenvalue weighted by Gasteiger charge is -2.25. The zero-order chi connectivity index (χ0) is 34.3. The Hall–Kier alpha value is -5.22. The molecule has 0 aromatic heterocycles.